The molecule has 0 aromatic heterocycles. The van der Waals surface area contributed by atoms with E-state index in [1.807, 2.05) is 60.4 Å². The standard InChI is InChI=1S/C17H17NO2/c1-2-20-15-9-8-14-10-17(19)18(16(14)11-15)12-13-6-4-3-5-7-13/h3-9,11H,2,10,12H2,1H3. The molecule has 3 nitrogen and oxygen atoms in total. The van der Waals surface area contributed by atoms with E-state index in [1.54, 1.807) is 0 Å². The zero-order chi connectivity index (χ0) is 13.9. The summed E-state index contributed by atoms with van der Waals surface area (Å²) in [6.45, 7) is 3.20. The van der Waals surface area contributed by atoms with Gasteiger partial charge in [-0.3, -0.25) is 4.79 Å². The maximum absolute atomic E-state index is 12.2. The minimum absolute atomic E-state index is 0.150. The Hall–Kier alpha value is -2.29. The van der Waals surface area contributed by atoms with Crippen LogP contribution in [0, 0.1) is 0 Å². The Morgan fingerprint density at radius 1 is 1.15 bits per heavy atom. The fourth-order valence-corrected chi connectivity index (χ4v) is 2.53. The number of anilines is 1. The number of amides is 1. The Balaban J connectivity index is 1.90. The molecule has 0 spiro atoms. The lowest BCUT2D eigenvalue weighted by Crippen LogP contribution is -2.25. The van der Waals surface area contributed by atoms with Crippen molar-refractivity contribution in [1.29, 1.82) is 0 Å². The van der Waals surface area contributed by atoms with E-state index in [0.717, 1.165) is 22.6 Å². The van der Waals surface area contributed by atoms with Gasteiger partial charge in [0.2, 0.25) is 5.91 Å². The van der Waals surface area contributed by atoms with Gasteiger partial charge in [-0.2, -0.15) is 0 Å². The summed E-state index contributed by atoms with van der Waals surface area (Å²) in [7, 11) is 0. The van der Waals surface area contributed by atoms with E-state index in [2.05, 4.69) is 0 Å². The van der Waals surface area contributed by atoms with Crippen LogP contribution in [0.5, 0.6) is 5.75 Å². The molecular weight excluding hydrogens is 250 g/mol. The molecule has 0 radical (unpaired) electrons. The maximum atomic E-state index is 12.2. The molecule has 0 aliphatic carbocycles. The molecule has 0 bridgehead atoms. The van der Waals surface area contributed by atoms with Gasteiger partial charge >= 0.3 is 0 Å². The molecule has 0 saturated carbocycles. The molecule has 1 amide bonds. The topological polar surface area (TPSA) is 29.5 Å². The largest absolute Gasteiger partial charge is 0.494 e. The van der Waals surface area contributed by atoms with Crippen LogP contribution >= 0.6 is 0 Å². The highest BCUT2D eigenvalue weighted by molar-refractivity contribution is 6.01. The minimum atomic E-state index is 0.150. The van der Waals surface area contributed by atoms with Gasteiger partial charge in [0.05, 0.1) is 25.3 Å². The van der Waals surface area contributed by atoms with E-state index in [-0.39, 0.29) is 5.91 Å². The van der Waals surface area contributed by atoms with Crippen molar-refractivity contribution in [1.82, 2.24) is 0 Å². The second-order valence-corrected chi connectivity index (χ2v) is 4.87. The Labute approximate surface area is 118 Å². The normalized spacial score (nSPS) is 13.4. The average molecular weight is 267 g/mol. The van der Waals surface area contributed by atoms with Crippen LogP contribution in [0.15, 0.2) is 48.5 Å². The second-order valence-electron chi connectivity index (χ2n) is 4.87. The predicted octanol–water partition coefficient (Wildman–Crippen LogP) is 3.17. The highest BCUT2D eigenvalue weighted by atomic mass is 16.5. The van der Waals surface area contributed by atoms with Crippen LogP contribution in [0.2, 0.25) is 0 Å². The monoisotopic (exact) mass is 267 g/mol. The lowest BCUT2D eigenvalue weighted by molar-refractivity contribution is -0.117. The molecule has 2 aromatic carbocycles. The van der Waals surface area contributed by atoms with Crippen molar-refractivity contribution in [2.75, 3.05) is 11.5 Å². The van der Waals surface area contributed by atoms with Crippen LogP contribution in [0.4, 0.5) is 5.69 Å². The first-order valence-electron chi connectivity index (χ1n) is 6.88. The third kappa shape index (κ3) is 2.39. The van der Waals surface area contributed by atoms with Gasteiger partial charge in [0.25, 0.3) is 0 Å². The average Bonchev–Trinajstić information content (AvgIpc) is 2.77. The number of fused-ring (bicyclic) bond motifs is 1. The summed E-state index contributed by atoms with van der Waals surface area (Å²) in [4.78, 5) is 14.0. The third-order valence-electron chi connectivity index (χ3n) is 3.48. The molecule has 0 atom stereocenters. The van der Waals surface area contributed by atoms with Crippen molar-refractivity contribution in [2.45, 2.75) is 19.9 Å². The highest BCUT2D eigenvalue weighted by Gasteiger charge is 2.27. The molecule has 1 aliphatic rings. The highest BCUT2D eigenvalue weighted by Crippen LogP contribution is 2.33. The Bertz CT molecular complexity index is 622. The molecule has 20 heavy (non-hydrogen) atoms. The van der Waals surface area contributed by atoms with Crippen molar-refractivity contribution in [3.05, 3.63) is 59.7 Å². The molecule has 0 unspecified atom stereocenters. The number of benzene rings is 2. The fourth-order valence-electron chi connectivity index (χ4n) is 2.53. The number of hydrogen-bond acceptors (Lipinski definition) is 2. The number of hydrogen-bond donors (Lipinski definition) is 0. The Kier molecular flexibility index (Phi) is 3.42. The van der Waals surface area contributed by atoms with Crippen molar-refractivity contribution in [3.63, 3.8) is 0 Å². The van der Waals surface area contributed by atoms with Gasteiger partial charge in [-0.05, 0) is 24.1 Å². The molecule has 3 rings (SSSR count). The van der Waals surface area contributed by atoms with Gasteiger partial charge in [0.1, 0.15) is 5.75 Å². The number of rotatable bonds is 4. The van der Waals surface area contributed by atoms with Crippen LogP contribution in [0.25, 0.3) is 0 Å². The van der Waals surface area contributed by atoms with E-state index in [4.69, 9.17) is 4.74 Å². The number of carbonyl (C=O) groups excluding carboxylic acids is 1. The predicted molar refractivity (Wildman–Crippen MR) is 78.9 cm³/mol. The summed E-state index contributed by atoms with van der Waals surface area (Å²) in [5, 5.41) is 0. The summed E-state index contributed by atoms with van der Waals surface area (Å²) in [6, 6.07) is 15.9. The van der Waals surface area contributed by atoms with E-state index in [1.165, 1.54) is 0 Å². The van der Waals surface area contributed by atoms with E-state index < -0.39 is 0 Å². The van der Waals surface area contributed by atoms with Crippen LogP contribution < -0.4 is 9.64 Å². The summed E-state index contributed by atoms with van der Waals surface area (Å²) < 4.78 is 5.53. The second kappa shape index (κ2) is 5.37. The number of nitrogens with zero attached hydrogens (tertiary/aromatic N) is 1. The molecule has 0 saturated heterocycles. The SMILES string of the molecule is CCOc1ccc2c(c1)N(Cc1ccccc1)C(=O)C2. The number of carbonyl (C=O) groups is 1. The Morgan fingerprint density at radius 3 is 2.70 bits per heavy atom. The van der Waals surface area contributed by atoms with Crippen LogP contribution in [0.1, 0.15) is 18.1 Å². The molecule has 102 valence electrons. The first-order valence-corrected chi connectivity index (χ1v) is 6.88. The van der Waals surface area contributed by atoms with E-state index in [9.17, 15) is 4.79 Å². The molecule has 0 fully saturated rings. The summed E-state index contributed by atoms with van der Waals surface area (Å²) >= 11 is 0. The summed E-state index contributed by atoms with van der Waals surface area (Å²) in [5.74, 6) is 0.969. The van der Waals surface area contributed by atoms with E-state index >= 15 is 0 Å². The fraction of sp³-hybridized carbons (Fsp3) is 0.235. The first-order chi connectivity index (χ1) is 9.78. The lowest BCUT2D eigenvalue weighted by Gasteiger charge is -2.18. The molecule has 2 aromatic rings. The number of ether oxygens (including phenoxy) is 1. The molecule has 1 heterocycles. The molecule has 0 N–H and O–H groups in total. The van der Waals surface area contributed by atoms with Gasteiger partial charge < -0.3 is 9.64 Å². The van der Waals surface area contributed by atoms with Gasteiger partial charge in [-0.25, -0.2) is 0 Å². The molecular formula is C17H17NO2. The van der Waals surface area contributed by atoms with Crippen LogP contribution in [-0.2, 0) is 17.8 Å². The van der Waals surface area contributed by atoms with Crippen molar-refractivity contribution in [2.24, 2.45) is 0 Å². The summed E-state index contributed by atoms with van der Waals surface area (Å²) in [6.07, 6.45) is 0.481. The zero-order valence-electron chi connectivity index (χ0n) is 11.5. The first kappa shape index (κ1) is 12.7. The Morgan fingerprint density at radius 2 is 1.95 bits per heavy atom. The lowest BCUT2D eigenvalue weighted by atomic mass is 10.1. The molecule has 1 aliphatic heterocycles. The van der Waals surface area contributed by atoms with Gasteiger partial charge in [0, 0.05) is 6.07 Å². The minimum Gasteiger partial charge on any atom is -0.494 e. The van der Waals surface area contributed by atoms with Crippen molar-refractivity contribution >= 4 is 11.6 Å². The summed E-state index contributed by atoms with van der Waals surface area (Å²) in [5.41, 5.74) is 3.19. The van der Waals surface area contributed by atoms with Crippen LogP contribution in [0.3, 0.4) is 0 Å². The van der Waals surface area contributed by atoms with Gasteiger partial charge in [-0.15, -0.1) is 0 Å². The van der Waals surface area contributed by atoms with E-state index in [0.29, 0.717) is 19.6 Å². The van der Waals surface area contributed by atoms with Crippen molar-refractivity contribution < 1.29 is 9.53 Å². The van der Waals surface area contributed by atoms with Gasteiger partial charge in [-0.1, -0.05) is 36.4 Å². The quantitative estimate of drug-likeness (QED) is 0.851. The smallest absolute Gasteiger partial charge is 0.231 e. The third-order valence-corrected chi connectivity index (χ3v) is 3.48. The van der Waals surface area contributed by atoms with Gasteiger partial charge in [0.15, 0.2) is 0 Å². The van der Waals surface area contributed by atoms with Crippen molar-refractivity contribution in [3.8, 4) is 5.75 Å². The zero-order valence-corrected chi connectivity index (χ0v) is 11.5. The maximum Gasteiger partial charge on any atom is 0.231 e. The molecule has 3 heteroatoms. The van der Waals surface area contributed by atoms with Crippen LogP contribution in [-0.4, -0.2) is 12.5 Å².